The topological polar surface area (TPSA) is 64.9 Å². The van der Waals surface area contributed by atoms with Crippen molar-refractivity contribution < 1.29 is 14.3 Å². The fourth-order valence-electron chi connectivity index (χ4n) is 3.97. The molecule has 0 saturated carbocycles. The summed E-state index contributed by atoms with van der Waals surface area (Å²) in [5, 5.41) is 4.73. The van der Waals surface area contributed by atoms with Crippen LogP contribution in [0.5, 0.6) is 11.5 Å². The van der Waals surface area contributed by atoms with Gasteiger partial charge in [0, 0.05) is 47.4 Å². The number of pyridine rings is 1. The summed E-state index contributed by atoms with van der Waals surface area (Å²) in [6.07, 6.45) is 4.34. The van der Waals surface area contributed by atoms with Crippen molar-refractivity contribution in [3.63, 3.8) is 0 Å². The number of carbonyl (C=O) groups excluding carboxylic acids is 1. The molecule has 182 valence electrons. The number of imidazole rings is 1. The van der Waals surface area contributed by atoms with Crippen LogP contribution >= 0.6 is 34.8 Å². The molecule has 2 aromatic carbocycles. The molecule has 1 amide bonds. The molecule has 0 fully saturated rings. The van der Waals surface area contributed by atoms with Crippen LogP contribution in [0.15, 0.2) is 60.9 Å². The SMILES string of the molecule is COc1cc(OC)cc(C(CC(=O)NCCc2ccc(Cl)cc2Cl)c2cnc3ccc(Cl)cn23)c1. The van der Waals surface area contributed by atoms with Gasteiger partial charge in [-0.1, -0.05) is 40.9 Å². The summed E-state index contributed by atoms with van der Waals surface area (Å²) >= 11 is 18.5. The molecule has 0 aliphatic rings. The quantitative estimate of drug-likeness (QED) is 0.279. The smallest absolute Gasteiger partial charge is 0.221 e. The van der Waals surface area contributed by atoms with E-state index in [1.165, 1.54) is 0 Å². The average molecular weight is 533 g/mol. The van der Waals surface area contributed by atoms with Gasteiger partial charge in [0.05, 0.1) is 24.9 Å². The summed E-state index contributed by atoms with van der Waals surface area (Å²) in [4.78, 5) is 17.6. The number of amides is 1. The number of hydrogen-bond donors (Lipinski definition) is 1. The first-order valence-corrected chi connectivity index (χ1v) is 12.1. The molecule has 0 aliphatic carbocycles. The van der Waals surface area contributed by atoms with Crippen LogP contribution in [-0.4, -0.2) is 36.1 Å². The lowest BCUT2D eigenvalue weighted by Crippen LogP contribution is -2.27. The summed E-state index contributed by atoms with van der Waals surface area (Å²) < 4.78 is 12.8. The van der Waals surface area contributed by atoms with Crippen molar-refractivity contribution in [2.75, 3.05) is 20.8 Å². The van der Waals surface area contributed by atoms with Crippen molar-refractivity contribution in [2.45, 2.75) is 18.8 Å². The Hall–Kier alpha value is -2.93. The standard InChI is InChI=1S/C26H24Cl3N3O3/c1-34-20-9-17(10-21(12-20)35-2)22(24-14-31-25-6-5-19(28)15-32(24)25)13-26(33)30-8-7-16-3-4-18(27)11-23(16)29/h3-6,9-12,14-15,22H,7-8,13H2,1-2H3,(H,30,33). The number of ether oxygens (including phenoxy) is 2. The third-order valence-corrected chi connectivity index (χ3v) is 6.56. The van der Waals surface area contributed by atoms with Gasteiger partial charge in [0.15, 0.2) is 0 Å². The van der Waals surface area contributed by atoms with Gasteiger partial charge in [-0.25, -0.2) is 4.98 Å². The molecule has 0 aliphatic heterocycles. The van der Waals surface area contributed by atoms with Gasteiger partial charge in [0.1, 0.15) is 17.1 Å². The number of methoxy groups -OCH3 is 2. The highest BCUT2D eigenvalue weighted by Gasteiger charge is 2.23. The second kappa shape index (κ2) is 11.2. The van der Waals surface area contributed by atoms with E-state index in [0.29, 0.717) is 39.5 Å². The highest BCUT2D eigenvalue weighted by Crippen LogP contribution is 2.34. The summed E-state index contributed by atoms with van der Waals surface area (Å²) in [5.41, 5.74) is 3.34. The predicted octanol–water partition coefficient (Wildman–Crippen LogP) is 6.19. The van der Waals surface area contributed by atoms with Crippen molar-refractivity contribution in [1.82, 2.24) is 14.7 Å². The number of rotatable bonds is 9. The first-order chi connectivity index (χ1) is 16.9. The van der Waals surface area contributed by atoms with Gasteiger partial charge in [-0.05, 0) is 53.9 Å². The maximum atomic E-state index is 13.1. The number of nitrogens with one attached hydrogen (secondary N) is 1. The lowest BCUT2D eigenvalue weighted by Gasteiger charge is -2.19. The number of fused-ring (bicyclic) bond motifs is 1. The van der Waals surface area contributed by atoms with Gasteiger partial charge in [-0.3, -0.25) is 4.79 Å². The zero-order valence-corrected chi connectivity index (χ0v) is 21.5. The highest BCUT2D eigenvalue weighted by molar-refractivity contribution is 6.35. The second-order valence-corrected chi connectivity index (χ2v) is 9.28. The van der Waals surface area contributed by atoms with Gasteiger partial charge in [0.2, 0.25) is 5.91 Å². The number of hydrogen-bond acceptors (Lipinski definition) is 4. The molecule has 2 heterocycles. The molecular weight excluding hydrogens is 509 g/mol. The molecule has 1 atom stereocenters. The molecule has 1 N–H and O–H groups in total. The molecular formula is C26H24Cl3N3O3. The normalized spacial score (nSPS) is 11.9. The molecule has 4 rings (SSSR count). The summed E-state index contributed by atoms with van der Waals surface area (Å²) in [6.45, 7) is 0.438. The van der Waals surface area contributed by atoms with Crippen LogP contribution in [0, 0.1) is 0 Å². The number of carbonyl (C=O) groups is 1. The molecule has 0 radical (unpaired) electrons. The third kappa shape index (κ3) is 6.01. The number of halogens is 3. The Labute approximate surface area is 218 Å². The van der Waals surface area contributed by atoms with E-state index in [1.54, 1.807) is 50.9 Å². The van der Waals surface area contributed by atoms with Crippen LogP contribution in [-0.2, 0) is 11.2 Å². The van der Waals surface area contributed by atoms with E-state index in [9.17, 15) is 4.79 Å². The Balaban J connectivity index is 1.60. The highest BCUT2D eigenvalue weighted by atomic mass is 35.5. The molecule has 0 spiro atoms. The first kappa shape index (κ1) is 25.2. The van der Waals surface area contributed by atoms with Crippen molar-refractivity contribution in [3.8, 4) is 11.5 Å². The van der Waals surface area contributed by atoms with Gasteiger partial charge >= 0.3 is 0 Å². The fourth-order valence-corrected chi connectivity index (χ4v) is 4.64. The largest absolute Gasteiger partial charge is 0.497 e. The van der Waals surface area contributed by atoms with Crippen molar-refractivity contribution in [3.05, 3.63) is 92.8 Å². The zero-order chi connectivity index (χ0) is 24.9. The predicted molar refractivity (Wildman–Crippen MR) is 139 cm³/mol. The van der Waals surface area contributed by atoms with E-state index in [-0.39, 0.29) is 18.2 Å². The Morgan fingerprint density at radius 3 is 2.40 bits per heavy atom. The fraction of sp³-hybridized carbons (Fsp3) is 0.231. The second-order valence-electron chi connectivity index (χ2n) is 8.00. The van der Waals surface area contributed by atoms with Crippen LogP contribution in [0.3, 0.4) is 0 Å². The molecule has 9 heteroatoms. The van der Waals surface area contributed by atoms with Crippen molar-refractivity contribution >= 4 is 46.4 Å². The maximum absolute atomic E-state index is 13.1. The van der Waals surface area contributed by atoms with E-state index < -0.39 is 0 Å². The Bertz CT molecular complexity index is 1330. The summed E-state index contributed by atoms with van der Waals surface area (Å²) in [5.74, 6) is 0.827. The zero-order valence-electron chi connectivity index (χ0n) is 19.2. The summed E-state index contributed by atoms with van der Waals surface area (Å²) in [6, 6.07) is 14.6. The van der Waals surface area contributed by atoms with E-state index >= 15 is 0 Å². The number of aromatic nitrogens is 2. The van der Waals surface area contributed by atoms with Crippen LogP contribution in [0.2, 0.25) is 15.1 Å². The Morgan fingerprint density at radius 1 is 1.00 bits per heavy atom. The lowest BCUT2D eigenvalue weighted by atomic mass is 9.91. The number of nitrogens with zero attached hydrogens (tertiary/aromatic N) is 2. The molecule has 0 saturated heterocycles. The van der Waals surface area contributed by atoms with Crippen LogP contribution in [0.25, 0.3) is 5.65 Å². The monoisotopic (exact) mass is 531 g/mol. The van der Waals surface area contributed by atoms with E-state index in [1.807, 2.05) is 28.7 Å². The van der Waals surface area contributed by atoms with Crippen LogP contribution in [0.1, 0.15) is 29.2 Å². The minimum absolute atomic E-state index is 0.112. The van der Waals surface area contributed by atoms with Gasteiger partial charge in [-0.15, -0.1) is 0 Å². The minimum atomic E-state index is -0.327. The Morgan fingerprint density at radius 2 is 1.71 bits per heavy atom. The molecule has 6 nitrogen and oxygen atoms in total. The van der Waals surface area contributed by atoms with E-state index in [4.69, 9.17) is 44.3 Å². The number of benzene rings is 2. The average Bonchev–Trinajstić information content (AvgIpc) is 3.26. The van der Waals surface area contributed by atoms with Gasteiger partial charge in [-0.2, -0.15) is 0 Å². The van der Waals surface area contributed by atoms with Gasteiger partial charge in [0.25, 0.3) is 0 Å². The van der Waals surface area contributed by atoms with Crippen molar-refractivity contribution in [2.24, 2.45) is 0 Å². The van der Waals surface area contributed by atoms with Gasteiger partial charge < -0.3 is 19.2 Å². The first-order valence-electron chi connectivity index (χ1n) is 10.9. The molecule has 1 unspecified atom stereocenters. The van der Waals surface area contributed by atoms with Crippen LogP contribution in [0.4, 0.5) is 0 Å². The lowest BCUT2D eigenvalue weighted by molar-refractivity contribution is -0.121. The maximum Gasteiger partial charge on any atom is 0.221 e. The molecule has 4 aromatic rings. The van der Waals surface area contributed by atoms with E-state index in [0.717, 1.165) is 22.5 Å². The Kier molecular flexibility index (Phi) is 8.06. The molecule has 2 aromatic heterocycles. The molecule has 0 bridgehead atoms. The van der Waals surface area contributed by atoms with E-state index in [2.05, 4.69) is 10.3 Å². The summed E-state index contributed by atoms with van der Waals surface area (Å²) in [7, 11) is 3.19. The van der Waals surface area contributed by atoms with Crippen LogP contribution < -0.4 is 14.8 Å². The third-order valence-electron chi connectivity index (χ3n) is 5.75. The minimum Gasteiger partial charge on any atom is -0.497 e. The van der Waals surface area contributed by atoms with Crippen molar-refractivity contribution in [1.29, 1.82) is 0 Å². The molecule has 35 heavy (non-hydrogen) atoms.